The smallest absolute Gasteiger partial charge is 0.405 e. The van der Waals surface area contributed by atoms with Crippen molar-refractivity contribution in [3.05, 3.63) is 71.0 Å². The van der Waals surface area contributed by atoms with Crippen LogP contribution >= 0.6 is 0 Å². The lowest BCUT2D eigenvalue weighted by Crippen LogP contribution is -2.45. The molecular weight excluding hydrogens is 335 g/mol. The minimum atomic E-state index is -1.13. The van der Waals surface area contributed by atoms with Crippen molar-refractivity contribution in [3.63, 3.8) is 0 Å². The van der Waals surface area contributed by atoms with Crippen molar-refractivity contribution in [2.45, 2.75) is 37.8 Å². The maximum Gasteiger partial charge on any atom is 0.405 e. The molecule has 0 bridgehead atoms. The lowest BCUT2D eigenvalue weighted by atomic mass is 9.95. The molecule has 0 aromatic heterocycles. The molecule has 0 saturated carbocycles. The summed E-state index contributed by atoms with van der Waals surface area (Å²) in [5.74, 6) is -0.945. The van der Waals surface area contributed by atoms with Gasteiger partial charge in [0, 0.05) is 0 Å². The fourth-order valence-corrected chi connectivity index (χ4v) is 3.59. The summed E-state index contributed by atoms with van der Waals surface area (Å²) in [6.45, 7) is 1.89. The third-order valence-electron chi connectivity index (χ3n) is 4.84. The predicted octanol–water partition coefficient (Wildman–Crippen LogP) is 3.37. The molecule has 0 radical (unpaired) electrons. The Labute approximate surface area is 151 Å². The number of hydrogen-bond donors (Lipinski definition) is 3. The first-order valence-electron chi connectivity index (χ1n) is 8.62. The van der Waals surface area contributed by atoms with Gasteiger partial charge < -0.3 is 15.7 Å². The second-order valence-corrected chi connectivity index (χ2v) is 6.46. The number of halogens is 1. The van der Waals surface area contributed by atoms with Gasteiger partial charge >= 0.3 is 6.09 Å². The molecule has 3 rings (SSSR count). The van der Waals surface area contributed by atoms with Crippen molar-refractivity contribution in [1.29, 1.82) is 0 Å². The summed E-state index contributed by atoms with van der Waals surface area (Å²) in [7, 11) is 0. The molecule has 0 unspecified atom stereocenters. The van der Waals surface area contributed by atoms with Crippen molar-refractivity contribution in [2.75, 3.05) is 0 Å². The Kier molecular flexibility index (Phi) is 5.21. The maximum absolute atomic E-state index is 13.1. The molecule has 1 aliphatic rings. The van der Waals surface area contributed by atoms with Crippen LogP contribution in [0.2, 0.25) is 0 Å². The molecule has 0 fully saturated rings. The van der Waals surface area contributed by atoms with Crippen molar-refractivity contribution < 1.29 is 19.1 Å². The van der Waals surface area contributed by atoms with E-state index in [4.69, 9.17) is 5.11 Å². The Morgan fingerprint density at radius 3 is 2.50 bits per heavy atom. The molecule has 136 valence electrons. The van der Waals surface area contributed by atoms with Gasteiger partial charge in [0.2, 0.25) is 5.91 Å². The zero-order valence-corrected chi connectivity index (χ0v) is 14.4. The number of fused-ring (bicyclic) bond motifs is 1. The van der Waals surface area contributed by atoms with E-state index in [9.17, 15) is 14.0 Å². The van der Waals surface area contributed by atoms with E-state index in [-0.39, 0.29) is 17.8 Å². The molecule has 0 spiro atoms. The molecule has 3 atom stereocenters. The van der Waals surface area contributed by atoms with Crippen LogP contribution in [0.1, 0.15) is 42.0 Å². The quantitative estimate of drug-likeness (QED) is 0.769. The molecule has 2 amide bonds. The molecule has 2 aromatic rings. The van der Waals surface area contributed by atoms with Crippen LogP contribution in [0.15, 0.2) is 48.5 Å². The summed E-state index contributed by atoms with van der Waals surface area (Å²) in [6.07, 6.45) is -0.00235. The van der Waals surface area contributed by atoms with Crippen molar-refractivity contribution in [3.8, 4) is 0 Å². The third-order valence-corrected chi connectivity index (χ3v) is 4.84. The monoisotopic (exact) mass is 356 g/mol. The summed E-state index contributed by atoms with van der Waals surface area (Å²) >= 11 is 0. The highest BCUT2D eigenvalue weighted by molar-refractivity contribution is 5.84. The van der Waals surface area contributed by atoms with Crippen LogP contribution in [0, 0.1) is 5.82 Å². The molecule has 5 nitrogen and oxygen atoms in total. The van der Waals surface area contributed by atoms with E-state index in [1.165, 1.54) is 12.1 Å². The Morgan fingerprint density at radius 2 is 1.85 bits per heavy atom. The number of hydrogen-bond acceptors (Lipinski definition) is 2. The van der Waals surface area contributed by atoms with Crippen LogP contribution in [0.5, 0.6) is 0 Å². The van der Waals surface area contributed by atoms with Crippen LogP contribution in [-0.4, -0.2) is 23.1 Å². The lowest BCUT2D eigenvalue weighted by molar-refractivity contribution is -0.123. The van der Waals surface area contributed by atoms with Crippen LogP contribution in [-0.2, 0) is 11.2 Å². The molecule has 0 aliphatic heterocycles. The summed E-state index contributed by atoms with van der Waals surface area (Å²) in [5.41, 5.74) is 2.64. The lowest BCUT2D eigenvalue weighted by Gasteiger charge is -2.24. The number of carboxylic acid groups (broad SMARTS) is 1. The second kappa shape index (κ2) is 7.56. The highest BCUT2D eigenvalue weighted by atomic mass is 19.1. The first kappa shape index (κ1) is 17.9. The largest absolute Gasteiger partial charge is 0.465 e. The Balaban J connectivity index is 1.79. The summed E-state index contributed by atoms with van der Waals surface area (Å²) in [5, 5.41) is 14.6. The number of rotatable bonds is 5. The Hall–Kier alpha value is -2.89. The second-order valence-electron chi connectivity index (χ2n) is 6.46. The summed E-state index contributed by atoms with van der Waals surface area (Å²) < 4.78 is 13.1. The average Bonchev–Trinajstić information content (AvgIpc) is 2.94. The standard InChI is InChI=1S/C20H21FN2O3/c1-2-15(12-7-9-14(21)10-8-12)19(24)22-17-11-13-5-3-4-6-16(13)18(17)23-20(25)26/h3-10,15,17-18,23H,2,11H2,1H3,(H,22,24)(H,25,26)/t15-,17+,18+/m0/s1. The van der Waals surface area contributed by atoms with Crippen LogP contribution in [0.3, 0.4) is 0 Å². The molecule has 3 N–H and O–H groups in total. The summed E-state index contributed by atoms with van der Waals surface area (Å²) in [6, 6.07) is 12.6. The van der Waals surface area contributed by atoms with E-state index in [1.807, 2.05) is 31.2 Å². The molecular formula is C20H21FN2O3. The number of benzene rings is 2. The minimum absolute atomic E-state index is 0.186. The van der Waals surface area contributed by atoms with Gasteiger partial charge in [0.1, 0.15) is 5.82 Å². The fourth-order valence-electron chi connectivity index (χ4n) is 3.59. The van der Waals surface area contributed by atoms with Crippen LogP contribution in [0.4, 0.5) is 9.18 Å². The molecule has 2 aromatic carbocycles. The van der Waals surface area contributed by atoms with Gasteiger partial charge in [-0.1, -0.05) is 43.3 Å². The van der Waals surface area contributed by atoms with Crippen LogP contribution < -0.4 is 10.6 Å². The normalized spacial score (nSPS) is 19.5. The van der Waals surface area contributed by atoms with Crippen molar-refractivity contribution in [1.82, 2.24) is 10.6 Å². The van der Waals surface area contributed by atoms with E-state index < -0.39 is 18.1 Å². The Bertz CT molecular complexity index is 807. The predicted molar refractivity (Wildman–Crippen MR) is 95.4 cm³/mol. The number of amides is 2. The van der Waals surface area contributed by atoms with Gasteiger partial charge in [-0.15, -0.1) is 0 Å². The highest BCUT2D eigenvalue weighted by Gasteiger charge is 2.35. The van der Waals surface area contributed by atoms with Gasteiger partial charge in [-0.05, 0) is 41.7 Å². The first-order valence-corrected chi connectivity index (χ1v) is 8.62. The molecule has 6 heteroatoms. The van der Waals surface area contributed by atoms with E-state index >= 15 is 0 Å². The van der Waals surface area contributed by atoms with Gasteiger partial charge in [-0.2, -0.15) is 0 Å². The topological polar surface area (TPSA) is 78.4 Å². The van der Waals surface area contributed by atoms with Gasteiger partial charge in [0.15, 0.2) is 0 Å². The van der Waals surface area contributed by atoms with E-state index in [2.05, 4.69) is 10.6 Å². The SMILES string of the molecule is CC[C@H](C(=O)N[C@@H]1Cc2ccccc2[C@H]1NC(=O)O)c1ccc(F)cc1. The van der Waals surface area contributed by atoms with Gasteiger partial charge in [-0.25, -0.2) is 9.18 Å². The van der Waals surface area contributed by atoms with E-state index in [0.29, 0.717) is 12.8 Å². The summed E-state index contributed by atoms with van der Waals surface area (Å²) in [4.78, 5) is 24.0. The Morgan fingerprint density at radius 1 is 1.15 bits per heavy atom. The number of carbonyl (C=O) groups is 2. The highest BCUT2D eigenvalue weighted by Crippen LogP contribution is 2.32. The van der Waals surface area contributed by atoms with Crippen LogP contribution in [0.25, 0.3) is 0 Å². The average molecular weight is 356 g/mol. The molecule has 0 heterocycles. The fraction of sp³-hybridized carbons (Fsp3) is 0.300. The zero-order chi connectivity index (χ0) is 18.7. The number of nitrogens with one attached hydrogen (secondary N) is 2. The third kappa shape index (κ3) is 3.69. The maximum atomic E-state index is 13.1. The zero-order valence-electron chi connectivity index (χ0n) is 14.4. The van der Waals surface area contributed by atoms with E-state index in [0.717, 1.165) is 16.7 Å². The van der Waals surface area contributed by atoms with Gasteiger partial charge in [-0.3, -0.25) is 4.79 Å². The van der Waals surface area contributed by atoms with Gasteiger partial charge in [0.25, 0.3) is 0 Å². The first-order chi connectivity index (χ1) is 12.5. The van der Waals surface area contributed by atoms with Gasteiger partial charge in [0.05, 0.1) is 18.0 Å². The van der Waals surface area contributed by atoms with Crippen molar-refractivity contribution >= 4 is 12.0 Å². The molecule has 26 heavy (non-hydrogen) atoms. The van der Waals surface area contributed by atoms with E-state index in [1.54, 1.807) is 12.1 Å². The number of carbonyl (C=O) groups excluding carboxylic acids is 1. The molecule has 1 aliphatic carbocycles. The van der Waals surface area contributed by atoms with Crippen molar-refractivity contribution in [2.24, 2.45) is 0 Å². The molecule has 0 saturated heterocycles. The minimum Gasteiger partial charge on any atom is -0.465 e.